The van der Waals surface area contributed by atoms with Crippen LogP contribution in [0, 0.1) is 0 Å². The maximum atomic E-state index is 2.38. The molecule has 18 heavy (non-hydrogen) atoms. The van der Waals surface area contributed by atoms with Gasteiger partial charge in [0.25, 0.3) is 0 Å². The van der Waals surface area contributed by atoms with Crippen LogP contribution < -0.4 is 18.9 Å². The standard InChI is InChI=1S/C16H32B.Li/c1-3-5-13-17(14-6-4-2)15-9-7-10-16(17)12-8-11-15;/h15-16H,3-14H2,1-2H3;/q-1;+1. The molecule has 0 aromatic heterocycles. The Morgan fingerprint density at radius 3 is 1.50 bits per heavy atom. The first kappa shape index (κ1) is 16.7. The molecule has 0 spiro atoms. The Morgan fingerprint density at radius 1 is 0.778 bits per heavy atom. The molecule has 2 rings (SSSR count). The molecule has 0 amide bonds. The van der Waals surface area contributed by atoms with Crippen LogP contribution in [0.3, 0.4) is 0 Å². The number of fused-ring (bicyclic) bond motifs is 2. The monoisotopic (exact) mass is 242 g/mol. The molecular formula is C16H32BLi. The van der Waals surface area contributed by atoms with Crippen molar-refractivity contribution in [1.82, 2.24) is 0 Å². The van der Waals surface area contributed by atoms with Gasteiger partial charge in [-0.2, -0.15) is 24.3 Å². The van der Waals surface area contributed by atoms with E-state index in [1.165, 1.54) is 37.3 Å². The molecule has 0 aliphatic carbocycles. The Kier molecular flexibility index (Phi) is 7.49. The number of hydrogen-bond donors (Lipinski definition) is 0. The second-order valence-corrected chi connectivity index (χ2v) is 7.09. The molecule has 2 aliphatic heterocycles. The Labute approximate surface area is 127 Å². The van der Waals surface area contributed by atoms with E-state index in [9.17, 15) is 0 Å². The molecule has 0 atom stereocenters. The molecule has 0 N–H and O–H groups in total. The minimum Gasteiger partial charge on any atom is -0.178 e. The zero-order chi connectivity index (χ0) is 12.1. The van der Waals surface area contributed by atoms with Crippen LogP contribution in [0.5, 0.6) is 0 Å². The molecule has 100 valence electrons. The summed E-state index contributed by atoms with van der Waals surface area (Å²) in [5.74, 6) is 2.33. The van der Waals surface area contributed by atoms with Gasteiger partial charge in [0, 0.05) is 6.15 Å². The summed E-state index contributed by atoms with van der Waals surface area (Å²) in [6, 6.07) is 0. The van der Waals surface area contributed by atoms with E-state index in [2.05, 4.69) is 13.8 Å². The molecule has 0 aromatic rings. The van der Waals surface area contributed by atoms with Crippen LogP contribution in [0.25, 0.3) is 0 Å². The third-order valence-electron chi connectivity index (χ3n) is 6.37. The first-order chi connectivity index (χ1) is 8.33. The average molecular weight is 242 g/mol. The summed E-state index contributed by atoms with van der Waals surface area (Å²) in [5.41, 5.74) is 0. The van der Waals surface area contributed by atoms with E-state index in [4.69, 9.17) is 0 Å². The maximum absolute atomic E-state index is 2.38. The van der Waals surface area contributed by atoms with Crippen molar-refractivity contribution in [3.8, 4) is 0 Å². The average Bonchev–Trinajstić information content (AvgIpc) is 2.33. The van der Waals surface area contributed by atoms with Crippen LogP contribution in [0.1, 0.15) is 78.1 Å². The van der Waals surface area contributed by atoms with Gasteiger partial charge in [0.1, 0.15) is 0 Å². The Hall–Kier alpha value is 0.662. The van der Waals surface area contributed by atoms with Gasteiger partial charge < -0.3 is 0 Å². The fraction of sp³-hybridized carbons (Fsp3) is 1.00. The van der Waals surface area contributed by atoms with Crippen LogP contribution in [-0.2, 0) is 0 Å². The molecule has 2 heteroatoms. The first-order valence-electron chi connectivity index (χ1n) is 8.53. The minimum atomic E-state index is 0. The summed E-state index contributed by atoms with van der Waals surface area (Å²) >= 11 is 0. The molecule has 2 aliphatic rings. The molecule has 2 heterocycles. The van der Waals surface area contributed by atoms with Crippen molar-refractivity contribution in [3.05, 3.63) is 0 Å². The molecule has 0 unspecified atom stereocenters. The van der Waals surface area contributed by atoms with Gasteiger partial charge in [-0.05, 0) is 0 Å². The number of rotatable bonds is 6. The van der Waals surface area contributed by atoms with Crippen molar-refractivity contribution in [2.45, 2.75) is 102 Å². The zero-order valence-electron chi connectivity index (χ0n) is 13.2. The predicted molar refractivity (Wildman–Crippen MR) is 80.4 cm³/mol. The van der Waals surface area contributed by atoms with Crippen molar-refractivity contribution in [1.29, 1.82) is 0 Å². The van der Waals surface area contributed by atoms with Crippen LogP contribution in [0.15, 0.2) is 0 Å². The van der Waals surface area contributed by atoms with Crippen LogP contribution in [-0.4, -0.2) is 6.15 Å². The largest absolute Gasteiger partial charge is 1.00 e. The third kappa shape index (κ3) is 3.40. The molecule has 0 saturated carbocycles. The van der Waals surface area contributed by atoms with Gasteiger partial charge in [0.15, 0.2) is 0 Å². The zero-order valence-corrected chi connectivity index (χ0v) is 13.2. The summed E-state index contributed by atoms with van der Waals surface area (Å²) < 4.78 is 0. The Morgan fingerprint density at radius 2 is 1.17 bits per heavy atom. The third-order valence-corrected chi connectivity index (χ3v) is 6.37. The Bertz CT molecular complexity index is 197. The second-order valence-electron chi connectivity index (χ2n) is 7.09. The summed E-state index contributed by atoms with van der Waals surface area (Å²) in [6.45, 7) is 4.75. The smallest absolute Gasteiger partial charge is 0.178 e. The molecule has 0 radical (unpaired) electrons. The summed E-state index contributed by atoms with van der Waals surface area (Å²) in [6.07, 6.45) is 18.6. The van der Waals surface area contributed by atoms with Crippen molar-refractivity contribution in [2.24, 2.45) is 0 Å². The van der Waals surface area contributed by atoms with Gasteiger partial charge in [-0.3, -0.25) is 0 Å². The van der Waals surface area contributed by atoms with Crippen molar-refractivity contribution in [3.63, 3.8) is 0 Å². The summed E-state index contributed by atoms with van der Waals surface area (Å²) in [7, 11) is 0. The van der Waals surface area contributed by atoms with Crippen molar-refractivity contribution < 1.29 is 18.9 Å². The number of hydrogen-bond acceptors (Lipinski definition) is 0. The fourth-order valence-corrected chi connectivity index (χ4v) is 5.54. The quantitative estimate of drug-likeness (QED) is 0.628. The molecule has 0 aromatic carbocycles. The normalized spacial score (nSPS) is 29.7. The van der Waals surface area contributed by atoms with Crippen molar-refractivity contribution >= 4 is 6.15 Å². The summed E-state index contributed by atoms with van der Waals surface area (Å²) in [4.78, 5) is 0. The van der Waals surface area contributed by atoms with Crippen molar-refractivity contribution in [2.75, 3.05) is 0 Å². The van der Waals surface area contributed by atoms with E-state index in [1.807, 2.05) is 0 Å². The molecule has 2 fully saturated rings. The summed E-state index contributed by atoms with van der Waals surface area (Å²) in [5, 5.41) is 0. The van der Waals surface area contributed by atoms with E-state index < -0.39 is 0 Å². The van der Waals surface area contributed by atoms with Gasteiger partial charge in [-0.15, -0.1) is 0 Å². The molecular weight excluding hydrogens is 210 g/mol. The van der Waals surface area contributed by atoms with Gasteiger partial charge in [-0.25, -0.2) is 0 Å². The first-order valence-corrected chi connectivity index (χ1v) is 8.53. The number of unbranched alkanes of at least 4 members (excludes halogenated alkanes) is 2. The van der Waals surface area contributed by atoms with E-state index in [-0.39, 0.29) is 25.0 Å². The van der Waals surface area contributed by atoms with E-state index in [1.54, 1.807) is 51.2 Å². The maximum Gasteiger partial charge on any atom is 1.00 e. The fourth-order valence-electron chi connectivity index (χ4n) is 5.54. The van der Waals surface area contributed by atoms with E-state index in [0.717, 1.165) is 0 Å². The van der Waals surface area contributed by atoms with Gasteiger partial charge in [-0.1, -0.05) is 78.1 Å². The van der Waals surface area contributed by atoms with E-state index in [0.29, 0.717) is 0 Å². The molecule has 0 nitrogen and oxygen atoms in total. The SMILES string of the molecule is CCCC[B-]1(CCCC)C2CCCC1CCC2.[Li+]. The topological polar surface area (TPSA) is 0 Å². The van der Waals surface area contributed by atoms with Gasteiger partial charge in [0.2, 0.25) is 0 Å². The van der Waals surface area contributed by atoms with Gasteiger partial charge in [0.05, 0.1) is 0 Å². The molecule has 2 saturated heterocycles. The Balaban J connectivity index is 0.00000162. The molecule has 2 bridgehead atoms. The van der Waals surface area contributed by atoms with E-state index >= 15 is 0 Å². The van der Waals surface area contributed by atoms with Crippen LogP contribution in [0.2, 0.25) is 24.3 Å². The van der Waals surface area contributed by atoms with Crippen LogP contribution >= 0.6 is 0 Å². The predicted octanol–water partition coefficient (Wildman–Crippen LogP) is 3.15. The van der Waals surface area contributed by atoms with Crippen LogP contribution in [0.4, 0.5) is 0 Å². The second kappa shape index (κ2) is 8.06. The van der Waals surface area contributed by atoms with Gasteiger partial charge >= 0.3 is 18.9 Å². The minimum absolute atomic E-state index is 0.